The van der Waals surface area contributed by atoms with E-state index in [4.69, 9.17) is 10.5 Å². The molecule has 2 aromatic carbocycles. The van der Waals surface area contributed by atoms with Crippen molar-refractivity contribution in [1.82, 2.24) is 15.2 Å². The average Bonchev–Trinajstić information content (AvgIpc) is 2.97. The first-order valence-corrected chi connectivity index (χ1v) is 6.60. The molecule has 0 unspecified atom stereocenters. The van der Waals surface area contributed by atoms with Crippen LogP contribution in [0.15, 0.2) is 42.5 Å². The van der Waals surface area contributed by atoms with E-state index >= 15 is 0 Å². The van der Waals surface area contributed by atoms with Crippen LogP contribution >= 0.6 is 0 Å². The second-order valence-electron chi connectivity index (χ2n) is 4.84. The first kappa shape index (κ1) is 13.2. The summed E-state index contributed by atoms with van der Waals surface area (Å²) in [5, 5.41) is 7.22. The molecule has 0 aliphatic heterocycles. The zero-order chi connectivity index (χ0) is 14.8. The number of nitrogens with zero attached hydrogens (tertiary/aromatic N) is 2. The van der Waals surface area contributed by atoms with Gasteiger partial charge in [-0.05, 0) is 31.2 Å². The fourth-order valence-electron chi connectivity index (χ4n) is 2.21. The summed E-state index contributed by atoms with van der Waals surface area (Å²) in [6.45, 7) is 2.04. The third-order valence-corrected chi connectivity index (χ3v) is 3.24. The maximum atomic E-state index is 5.84. The second-order valence-corrected chi connectivity index (χ2v) is 4.84. The van der Waals surface area contributed by atoms with E-state index in [9.17, 15) is 0 Å². The van der Waals surface area contributed by atoms with Crippen LogP contribution in [-0.4, -0.2) is 22.3 Å². The van der Waals surface area contributed by atoms with Gasteiger partial charge in [-0.15, -0.1) is 0 Å². The Morgan fingerprint density at radius 1 is 1.14 bits per heavy atom. The van der Waals surface area contributed by atoms with Crippen molar-refractivity contribution in [2.24, 2.45) is 0 Å². The number of benzene rings is 2. The van der Waals surface area contributed by atoms with Crippen molar-refractivity contribution < 1.29 is 4.74 Å². The Hall–Kier alpha value is -2.82. The lowest BCUT2D eigenvalue weighted by molar-refractivity contribution is 0.416. The summed E-state index contributed by atoms with van der Waals surface area (Å²) in [6.07, 6.45) is 0. The van der Waals surface area contributed by atoms with Crippen molar-refractivity contribution in [2.45, 2.75) is 6.92 Å². The molecule has 1 heterocycles. The van der Waals surface area contributed by atoms with Gasteiger partial charge in [0.25, 0.3) is 0 Å². The highest BCUT2D eigenvalue weighted by Crippen LogP contribution is 2.30. The number of anilines is 1. The molecule has 0 spiro atoms. The smallest absolute Gasteiger partial charge is 0.181 e. The van der Waals surface area contributed by atoms with Crippen molar-refractivity contribution in [2.75, 3.05) is 12.8 Å². The van der Waals surface area contributed by atoms with Crippen LogP contribution in [0.3, 0.4) is 0 Å². The van der Waals surface area contributed by atoms with E-state index in [1.807, 2.05) is 43.3 Å². The molecule has 0 atom stereocenters. The van der Waals surface area contributed by atoms with Gasteiger partial charge in [-0.1, -0.05) is 23.8 Å². The molecule has 3 rings (SSSR count). The molecule has 0 amide bonds. The molecule has 1 aromatic heterocycles. The van der Waals surface area contributed by atoms with Crippen molar-refractivity contribution in [3.63, 3.8) is 0 Å². The lowest BCUT2D eigenvalue weighted by Crippen LogP contribution is -1.92. The van der Waals surface area contributed by atoms with Crippen molar-refractivity contribution in [3.8, 4) is 28.5 Å². The fourth-order valence-corrected chi connectivity index (χ4v) is 2.21. The third kappa shape index (κ3) is 2.58. The van der Waals surface area contributed by atoms with Crippen LogP contribution in [0.2, 0.25) is 0 Å². The minimum atomic E-state index is 0.635. The number of aromatic nitrogens is 3. The van der Waals surface area contributed by atoms with E-state index in [0.717, 1.165) is 11.1 Å². The Labute approximate surface area is 122 Å². The molecule has 5 heteroatoms. The molecule has 0 aliphatic carbocycles. The van der Waals surface area contributed by atoms with E-state index in [1.165, 1.54) is 5.56 Å². The number of nitrogen functional groups attached to an aromatic ring is 1. The standard InChI is InChI=1S/C16H16N4O/c1-10-4-3-5-11(8-10)15-18-16(20-19-15)13-9-12(17)6-7-14(13)21-2/h3-9H,17H2,1-2H3,(H,18,19,20). The van der Waals surface area contributed by atoms with Gasteiger partial charge in [0.1, 0.15) is 5.75 Å². The Morgan fingerprint density at radius 2 is 2.00 bits per heavy atom. The van der Waals surface area contributed by atoms with Crippen LogP contribution in [0.4, 0.5) is 5.69 Å². The number of ether oxygens (including phenoxy) is 1. The van der Waals surface area contributed by atoms with Gasteiger partial charge in [0, 0.05) is 11.3 Å². The minimum absolute atomic E-state index is 0.635. The number of hydrogen-bond donors (Lipinski definition) is 2. The highest BCUT2D eigenvalue weighted by atomic mass is 16.5. The zero-order valence-corrected chi connectivity index (χ0v) is 11.9. The molecule has 0 radical (unpaired) electrons. The van der Waals surface area contributed by atoms with Crippen LogP contribution < -0.4 is 10.5 Å². The van der Waals surface area contributed by atoms with Gasteiger partial charge in [0.05, 0.1) is 12.7 Å². The Kier molecular flexibility index (Phi) is 3.31. The molecular weight excluding hydrogens is 264 g/mol. The molecule has 0 aliphatic rings. The topological polar surface area (TPSA) is 76.8 Å². The summed E-state index contributed by atoms with van der Waals surface area (Å²) in [6, 6.07) is 13.5. The normalized spacial score (nSPS) is 10.6. The van der Waals surface area contributed by atoms with Crippen molar-refractivity contribution in [1.29, 1.82) is 0 Å². The van der Waals surface area contributed by atoms with Crippen molar-refractivity contribution in [3.05, 3.63) is 48.0 Å². The largest absolute Gasteiger partial charge is 0.496 e. The predicted octanol–water partition coefficient (Wildman–Crippen LogP) is 3.04. The summed E-state index contributed by atoms with van der Waals surface area (Å²) in [5.74, 6) is 1.99. The number of aromatic amines is 1. The van der Waals surface area contributed by atoms with Gasteiger partial charge in [-0.25, -0.2) is 4.98 Å². The Balaban J connectivity index is 2.04. The predicted molar refractivity (Wildman–Crippen MR) is 83.0 cm³/mol. The summed E-state index contributed by atoms with van der Waals surface area (Å²) >= 11 is 0. The number of hydrogen-bond acceptors (Lipinski definition) is 4. The number of aryl methyl sites for hydroxylation is 1. The van der Waals surface area contributed by atoms with Gasteiger partial charge < -0.3 is 10.5 Å². The lowest BCUT2D eigenvalue weighted by atomic mass is 10.1. The zero-order valence-electron chi connectivity index (χ0n) is 11.9. The van der Waals surface area contributed by atoms with E-state index in [2.05, 4.69) is 15.2 Å². The van der Waals surface area contributed by atoms with Crippen LogP contribution in [0.5, 0.6) is 5.75 Å². The Morgan fingerprint density at radius 3 is 2.76 bits per heavy atom. The van der Waals surface area contributed by atoms with Gasteiger partial charge >= 0.3 is 0 Å². The van der Waals surface area contributed by atoms with E-state index < -0.39 is 0 Å². The van der Waals surface area contributed by atoms with E-state index in [1.54, 1.807) is 13.2 Å². The van der Waals surface area contributed by atoms with E-state index in [0.29, 0.717) is 23.1 Å². The van der Waals surface area contributed by atoms with Crippen molar-refractivity contribution >= 4 is 5.69 Å². The summed E-state index contributed by atoms with van der Waals surface area (Å²) in [5.41, 5.74) is 9.43. The highest BCUT2D eigenvalue weighted by molar-refractivity contribution is 5.70. The summed E-state index contributed by atoms with van der Waals surface area (Å²) in [4.78, 5) is 4.54. The highest BCUT2D eigenvalue weighted by Gasteiger charge is 2.12. The van der Waals surface area contributed by atoms with Crippen LogP contribution in [0, 0.1) is 6.92 Å². The van der Waals surface area contributed by atoms with Crippen LogP contribution in [-0.2, 0) is 0 Å². The number of rotatable bonds is 3. The minimum Gasteiger partial charge on any atom is -0.496 e. The third-order valence-electron chi connectivity index (χ3n) is 3.24. The molecule has 21 heavy (non-hydrogen) atoms. The van der Waals surface area contributed by atoms with Gasteiger partial charge in [0.2, 0.25) is 0 Å². The number of H-pyrrole nitrogens is 1. The van der Waals surface area contributed by atoms with Crippen LogP contribution in [0.25, 0.3) is 22.8 Å². The van der Waals surface area contributed by atoms with Gasteiger partial charge in [-0.3, -0.25) is 5.10 Å². The first-order chi connectivity index (χ1) is 10.2. The summed E-state index contributed by atoms with van der Waals surface area (Å²) in [7, 11) is 1.62. The van der Waals surface area contributed by atoms with Gasteiger partial charge in [-0.2, -0.15) is 5.10 Å². The molecule has 0 fully saturated rings. The quantitative estimate of drug-likeness (QED) is 0.723. The van der Waals surface area contributed by atoms with Gasteiger partial charge in [0.15, 0.2) is 11.6 Å². The SMILES string of the molecule is COc1ccc(N)cc1-c1nc(-c2cccc(C)c2)n[nH]1. The monoisotopic (exact) mass is 280 g/mol. The second kappa shape index (κ2) is 5.28. The molecule has 3 aromatic rings. The maximum absolute atomic E-state index is 5.84. The molecule has 5 nitrogen and oxygen atoms in total. The average molecular weight is 280 g/mol. The molecular formula is C16H16N4O. The molecule has 0 bridgehead atoms. The fraction of sp³-hybridized carbons (Fsp3) is 0.125. The molecule has 106 valence electrons. The number of nitrogens with one attached hydrogen (secondary N) is 1. The first-order valence-electron chi connectivity index (χ1n) is 6.60. The number of methoxy groups -OCH3 is 1. The molecule has 0 saturated heterocycles. The van der Waals surface area contributed by atoms with E-state index in [-0.39, 0.29) is 0 Å². The van der Waals surface area contributed by atoms with Crippen LogP contribution in [0.1, 0.15) is 5.56 Å². The number of nitrogens with two attached hydrogens (primary N) is 1. The molecule has 0 saturated carbocycles. The lowest BCUT2D eigenvalue weighted by Gasteiger charge is -2.06. The Bertz CT molecular complexity index is 779. The molecule has 3 N–H and O–H groups in total. The summed E-state index contributed by atoms with van der Waals surface area (Å²) < 4.78 is 5.35. The maximum Gasteiger partial charge on any atom is 0.181 e.